The Morgan fingerprint density at radius 1 is 1.28 bits per heavy atom. The van der Waals surface area contributed by atoms with Crippen molar-refractivity contribution in [2.24, 2.45) is 11.5 Å². The first-order valence-electron chi connectivity index (χ1n) is 5.87. The van der Waals surface area contributed by atoms with Gasteiger partial charge in [0.25, 0.3) is 0 Å². The topological polar surface area (TPSA) is 98.2 Å². The predicted octanol–water partition coefficient (Wildman–Crippen LogP) is -0.0635. The van der Waals surface area contributed by atoms with E-state index in [2.05, 4.69) is 5.32 Å². The van der Waals surface area contributed by atoms with Gasteiger partial charge in [-0.25, -0.2) is 0 Å². The van der Waals surface area contributed by atoms with Crippen molar-refractivity contribution in [2.75, 3.05) is 0 Å². The lowest BCUT2D eigenvalue weighted by molar-refractivity contribution is -0.127. The summed E-state index contributed by atoms with van der Waals surface area (Å²) in [6.45, 7) is 1.73. The van der Waals surface area contributed by atoms with E-state index in [1.807, 2.05) is 30.3 Å². The van der Waals surface area contributed by atoms with Gasteiger partial charge in [-0.15, -0.1) is 0 Å². The van der Waals surface area contributed by atoms with Crippen LogP contribution in [0.25, 0.3) is 0 Å². The molecule has 0 heterocycles. The number of carbonyl (C=O) groups is 2. The molecule has 0 aromatic heterocycles. The summed E-state index contributed by atoms with van der Waals surface area (Å²) in [6, 6.07) is 8.46. The number of carbonyl (C=O) groups excluding carboxylic acids is 2. The molecule has 1 aromatic carbocycles. The minimum atomic E-state index is -0.696. The molecule has 1 rings (SSSR count). The summed E-state index contributed by atoms with van der Waals surface area (Å²) >= 11 is 0. The molecule has 0 bridgehead atoms. The van der Waals surface area contributed by atoms with Crippen LogP contribution in [0.5, 0.6) is 0 Å². The van der Waals surface area contributed by atoms with Crippen LogP contribution in [-0.4, -0.2) is 23.9 Å². The molecule has 18 heavy (non-hydrogen) atoms. The monoisotopic (exact) mass is 249 g/mol. The standard InChI is InChI=1S/C13H19N3O2/c1-9(14)7-12(17)16-11(13(15)18)8-10-5-3-2-4-6-10/h2-6,9,11H,7-8,14H2,1H3,(H2,15,18)(H,16,17). The maximum absolute atomic E-state index is 11.6. The van der Waals surface area contributed by atoms with Gasteiger partial charge in [-0.2, -0.15) is 0 Å². The Morgan fingerprint density at radius 2 is 1.89 bits per heavy atom. The van der Waals surface area contributed by atoms with E-state index in [1.54, 1.807) is 6.92 Å². The summed E-state index contributed by atoms with van der Waals surface area (Å²) in [6.07, 6.45) is 0.569. The lowest BCUT2D eigenvalue weighted by Gasteiger charge is -2.16. The van der Waals surface area contributed by atoms with Crippen molar-refractivity contribution in [3.05, 3.63) is 35.9 Å². The van der Waals surface area contributed by atoms with Crippen LogP contribution in [0.4, 0.5) is 0 Å². The number of benzene rings is 1. The molecule has 5 nitrogen and oxygen atoms in total. The number of rotatable bonds is 6. The van der Waals surface area contributed by atoms with Gasteiger partial charge in [-0.3, -0.25) is 9.59 Å². The predicted molar refractivity (Wildman–Crippen MR) is 69.5 cm³/mol. The number of nitrogens with two attached hydrogens (primary N) is 2. The average molecular weight is 249 g/mol. The molecule has 5 N–H and O–H groups in total. The Kier molecular flexibility index (Phi) is 5.32. The second-order valence-electron chi connectivity index (χ2n) is 4.39. The maximum atomic E-state index is 11.6. The Bertz CT molecular complexity index is 404. The lowest BCUT2D eigenvalue weighted by Crippen LogP contribution is -2.46. The van der Waals surface area contributed by atoms with Crippen molar-refractivity contribution < 1.29 is 9.59 Å². The summed E-state index contributed by atoms with van der Waals surface area (Å²) in [5.41, 5.74) is 11.7. The van der Waals surface area contributed by atoms with E-state index in [0.29, 0.717) is 6.42 Å². The Hall–Kier alpha value is -1.88. The van der Waals surface area contributed by atoms with Crippen LogP contribution in [0.1, 0.15) is 18.9 Å². The van der Waals surface area contributed by atoms with Crippen molar-refractivity contribution in [1.82, 2.24) is 5.32 Å². The Labute approximate surface area is 107 Å². The summed E-state index contributed by atoms with van der Waals surface area (Å²) in [4.78, 5) is 22.9. The van der Waals surface area contributed by atoms with Crippen molar-refractivity contribution in [2.45, 2.75) is 31.8 Å². The van der Waals surface area contributed by atoms with Gasteiger partial charge >= 0.3 is 0 Å². The summed E-state index contributed by atoms with van der Waals surface area (Å²) < 4.78 is 0. The normalized spacial score (nSPS) is 13.7. The van der Waals surface area contributed by atoms with E-state index < -0.39 is 11.9 Å². The zero-order chi connectivity index (χ0) is 13.5. The molecule has 2 amide bonds. The molecule has 0 aliphatic rings. The van der Waals surface area contributed by atoms with Crippen LogP contribution in [0.2, 0.25) is 0 Å². The number of hydrogen-bond donors (Lipinski definition) is 3. The van der Waals surface area contributed by atoms with Crippen molar-refractivity contribution in [3.8, 4) is 0 Å². The average Bonchev–Trinajstić information content (AvgIpc) is 2.28. The quantitative estimate of drug-likeness (QED) is 0.658. The highest BCUT2D eigenvalue weighted by Crippen LogP contribution is 2.03. The third kappa shape index (κ3) is 4.97. The minimum absolute atomic E-state index is 0.179. The SMILES string of the molecule is CC(N)CC(=O)NC(Cc1ccccc1)C(N)=O. The summed E-state index contributed by atoms with van der Waals surface area (Å²) in [5.74, 6) is -0.804. The van der Waals surface area contributed by atoms with Gasteiger partial charge < -0.3 is 16.8 Å². The zero-order valence-corrected chi connectivity index (χ0v) is 10.4. The summed E-state index contributed by atoms with van der Waals surface area (Å²) in [5, 5.41) is 2.60. The molecule has 2 atom stereocenters. The van der Waals surface area contributed by atoms with E-state index in [0.717, 1.165) is 5.56 Å². The van der Waals surface area contributed by atoms with Crippen molar-refractivity contribution >= 4 is 11.8 Å². The molecule has 5 heteroatoms. The number of nitrogens with one attached hydrogen (secondary N) is 1. The van der Waals surface area contributed by atoms with Crippen LogP contribution < -0.4 is 16.8 Å². The van der Waals surface area contributed by atoms with Gasteiger partial charge in [0, 0.05) is 18.9 Å². The largest absolute Gasteiger partial charge is 0.368 e. The van der Waals surface area contributed by atoms with Gasteiger partial charge in [0.1, 0.15) is 6.04 Å². The number of primary amides is 1. The second kappa shape index (κ2) is 6.76. The molecule has 0 radical (unpaired) electrons. The van der Waals surface area contributed by atoms with Gasteiger partial charge in [0.2, 0.25) is 11.8 Å². The molecule has 0 saturated heterocycles. The first-order valence-corrected chi connectivity index (χ1v) is 5.87. The third-order valence-corrected chi connectivity index (χ3v) is 2.47. The van der Waals surface area contributed by atoms with E-state index in [9.17, 15) is 9.59 Å². The lowest BCUT2D eigenvalue weighted by atomic mass is 10.1. The van der Waals surface area contributed by atoms with Crippen molar-refractivity contribution in [1.29, 1.82) is 0 Å². The fourth-order valence-electron chi connectivity index (χ4n) is 1.62. The highest BCUT2D eigenvalue weighted by Gasteiger charge is 2.18. The smallest absolute Gasteiger partial charge is 0.240 e. The Morgan fingerprint density at radius 3 is 2.39 bits per heavy atom. The van der Waals surface area contributed by atoms with Crippen molar-refractivity contribution in [3.63, 3.8) is 0 Å². The molecular weight excluding hydrogens is 230 g/mol. The van der Waals surface area contributed by atoms with Crippen LogP contribution in [0.15, 0.2) is 30.3 Å². The molecule has 0 fully saturated rings. The molecule has 1 aromatic rings. The highest BCUT2D eigenvalue weighted by atomic mass is 16.2. The number of amides is 2. The second-order valence-corrected chi connectivity index (χ2v) is 4.39. The van der Waals surface area contributed by atoms with E-state index in [-0.39, 0.29) is 18.4 Å². The summed E-state index contributed by atoms with van der Waals surface area (Å²) in [7, 11) is 0. The van der Waals surface area contributed by atoms with Gasteiger partial charge in [0.05, 0.1) is 0 Å². The van der Waals surface area contributed by atoms with Crippen LogP contribution >= 0.6 is 0 Å². The molecule has 0 spiro atoms. The fourth-order valence-corrected chi connectivity index (χ4v) is 1.62. The molecule has 0 aliphatic carbocycles. The molecular formula is C13H19N3O2. The molecule has 98 valence electrons. The van der Waals surface area contributed by atoms with Crippen LogP contribution in [0.3, 0.4) is 0 Å². The molecule has 0 saturated carbocycles. The van der Waals surface area contributed by atoms with Crippen LogP contribution in [-0.2, 0) is 16.0 Å². The van der Waals surface area contributed by atoms with Gasteiger partial charge in [-0.05, 0) is 12.5 Å². The Balaban J connectivity index is 2.61. The maximum Gasteiger partial charge on any atom is 0.240 e. The van der Waals surface area contributed by atoms with Crippen LogP contribution in [0, 0.1) is 0 Å². The van der Waals surface area contributed by atoms with E-state index in [4.69, 9.17) is 11.5 Å². The minimum Gasteiger partial charge on any atom is -0.368 e. The van der Waals surface area contributed by atoms with E-state index in [1.165, 1.54) is 0 Å². The zero-order valence-electron chi connectivity index (χ0n) is 10.4. The van der Waals surface area contributed by atoms with Gasteiger partial charge in [0.15, 0.2) is 0 Å². The van der Waals surface area contributed by atoms with E-state index >= 15 is 0 Å². The first-order chi connectivity index (χ1) is 8.49. The van der Waals surface area contributed by atoms with Gasteiger partial charge in [-0.1, -0.05) is 30.3 Å². The number of hydrogen-bond acceptors (Lipinski definition) is 3. The fraction of sp³-hybridized carbons (Fsp3) is 0.385. The first kappa shape index (κ1) is 14.2. The highest BCUT2D eigenvalue weighted by molar-refractivity contribution is 5.86. The third-order valence-electron chi connectivity index (χ3n) is 2.47. The molecule has 0 aliphatic heterocycles. The molecule has 2 unspecified atom stereocenters.